The maximum Gasteiger partial charge on any atom is 0.119 e. The third-order valence-electron chi connectivity index (χ3n) is 6.84. The lowest BCUT2D eigenvalue weighted by Gasteiger charge is -2.31. The molecular formula is C28H32O6. The Hall–Kier alpha value is -2.54. The zero-order valence-electron chi connectivity index (χ0n) is 19.4. The van der Waals surface area contributed by atoms with Crippen LogP contribution in [0.15, 0.2) is 71.7 Å². The van der Waals surface area contributed by atoms with Crippen molar-refractivity contribution in [3.8, 4) is 5.75 Å². The molecule has 3 aliphatic heterocycles. The standard InChI is InChI=1S/C28H32O6/c1-7-22(29-13-25-16-32-25)8-2-19(1)28(20-3-9-23(10-4-20)30-14-26-17-33-26)21-5-11-24(12-6-21)31-15-27-18-34-27/h1-3,5,7-11,20,25-28H,4,6,12-18H2. The zero-order chi connectivity index (χ0) is 22.7. The van der Waals surface area contributed by atoms with Gasteiger partial charge in [-0.2, -0.15) is 0 Å². The molecule has 5 unspecified atom stereocenters. The predicted molar refractivity (Wildman–Crippen MR) is 127 cm³/mol. The fourth-order valence-corrected chi connectivity index (χ4v) is 4.56. The first-order valence-corrected chi connectivity index (χ1v) is 12.4. The van der Waals surface area contributed by atoms with Crippen molar-refractivity contribution in [3.05, 3.63) is 77.3 Å². The Morgan fingerprint density at radius 2 is 1.47 bits per heavy atom. The Bertz CT molecular complexity index is 979. The van der Waals surface area contributed by atoms with E-state index in [1.807, 2.05) is 0 Å². The molecule has 0 saturated carbocycles. The highest BCUT2D eigenvalue weighted by molar-refractivity contribution is 5.39. The van der Waals surface area contributed by atoms with Crippen LogP contribution in [-0.2, 0) is 23.7 Å². The van der Waals surface area contributed by atoms with Gasteiger partial charge in [-0.15, -0.1) is 0 Å². The van der Waals surface area contributed by atoms with Crippen LogP contribution in [0.5, 0.6) is 5.75 Å². The lowest BCUT2D eigenvalue weighted by molar-refractivity contribution is 0.174. The van der Waals surface area contributed by atoms with Gasteiger partial charge in [-0.3, -0.25) is 0 Å². The van der Waals surface area contributed by atoms with E-state index in [1.54, 1.807) is 0 Å². The Kier molecular flexibility index (Phi) is 6.45. The molecular weight excluding hydrogens is 432 g/mol. The van der Waals surface area contributed by atoms with Crippen molar-refractivity contribution in [3.63, 3.8) is 0 Å². The van der Waals surface area contributed by atoms with Crippen LogP contribution < -0.4 is 4.74 Å². The average Bonchev–Trinajstić information content (AvgIpc) is 3.73. The average molecular weight is 465 g/mol. The first-order valence-electron chi connectivity index (χ1n) is 12.4. The van der Waals surface area contributed by atoms with E-state index >= 15 is 0 Å². The molecule has 0 spiro atoms. The van der Waals surface area contributed by atoms with Crippen LogP contribution in [0.25, 0.3) is 0 Å². The van der Waals surface area contributed by atoms with E-state index in [9.17, 15) is 0 Å². The van der Waals surface area contributed by atoms with Gasteiger partial charge in [0.2, 0.25) is 0 Å². The Labute approximate surface area is 200 Å². The molecule has 1 aromatic rings. The molecule has 6 rings (SSSR count). The number of rotatable bonds is 12. The van der Waals surface area contributed by atoms with Gasteiger partial charge >= 0.3 is 0 Å². The Balaban J connectivity index is 1.16. The molecule has 180 valence electrons. The van der Waals surface area contributed by atoms with Crippen molar-refractivity contribution in [2.75, 3.05) is 39.6 Å². The van der Waals surface area contributed by atoms with Crippen LogP contribution >= 0.6 is 0 Å². The maximum absolute atomic E-state index is 5.93. The van der Waals surface area contributed by atoms with Gasteiger partial charge in [0.05, 0.1) is 25.6 Å². The quantitative estimate of drug-likeness (QED) is 0.426. The van der Waals surface area contributed by atoms with Gasteiger partial charge in [0.25, 0.3) is 0 Å². The normalized spacial score (nSPS) is 29.9. The molecule has 3 saturated heterocycles. The second-order valence-corrected chi connectivity index (χ2v) is 9.59. The predicted octanol–water partition coefficient (Wildman–Crippen LogP) is 4.44. The second-order valence-electron chi connectivity index (χ2n) is 9.59. The summed E-state index contributed by atoms with van der Waals surface area (Å²) < 4.78 is 33.5. The number of epoxide rings is 3. The second kappa shape index (κ2) is 9.98. The van der Waals surface area contributed by atoms with E-state index < -0.39 is 0 Å². The highest BCUT2D eigenvalue weighted by Crippen LogP contribution is 2.41. The van der Waals surface area contributed by atoms with Gasteiger partial charge in [0.15, 0.2) is 0 Å². The molecule has 6 heteroatoms. The van der Waals surface area contributed by atoms with Crippen LogP contribution in [-0.4, -0.2) is 58.0 Å². The van der Waals surface area contributed by atoms with Crippen LogP contribution in [0, 0.1) is 5.92 Å². The number of allylic oxidation sites excluding steroid dienone is 7. The fourth-order valence-electron chi connectivity index (χ4n) is 4.56. The molecule has 5 aliphatic rings. The van der Waals surface area contributed by atoms with Gasteiger partial charge in [-0.05, 0) is 54.7 Å². The summed E-state index contributed by atoms with van der Waals surface area (Å²) in [6, 6.07) is 8.59. The minimum absolute atomic E-state index is 0.261. The number of hydrogen-bond acceptors (Lipinski definition) is 6. The molecule has 1 aromatic carbocycles. The maximum atomic E-state index is 5.93. The zero-order valence-corrected chi connectivity index (χ0v) is 19.4. The molecule has 6 nitrogen and oxygen atoms in total. The molecule has 2 aliphatic carbocycles. The van der Waals surface area contributed by atoms with Crippen LogP contribution in [0.1, 0.15) is 30.7 Å². The van der Waals surface area contributed by atoms with Crippen molar-refractivity contribution >= 4 is 0 Å². The van der Waals surface area contributed by atoms with Crippen LogP contribution in [0.3, 0.4) is 0 Å². The van der Waals surface area contributed by atoms with Gasteiger partial charge in [-0.25, -0.2) is 0 Å². The molecule has 0 radical (unpaired) electrons. The number of ether oxygens (including phenoxy) is 6. The van der Waals surface area contributed by atoms with E-state index in [0.29, 0.717) is 31.7 Å². The highest BCUT2D eigenvalue weighted by Gasteiger charge is 2.29. The molecule has 0 aromatic heterocycles. The summed E-state index contributed by atoms with van der Waals surface area (Å²) in [6.07, 6.45) is 14.8. The lowest BCUT2D eigenvalue weighted by atomic mass is 9.75. The van der Waals surface area contributed by atoms with Crippen molar-refractivity contribution < 1.29 is 28.4 Å². The van der Waals surface area contributed by atoms with Crippen molar-refractivity contribution in [2.45, 2.75) is 43.5 Å². The molecule has 3 heterocycles. The minimum Gasteiger partial charge on any atom is -0.495 e. The van der Waals surface area contributed by atoms with Crippen molar-refractivity contribution in [1.29, 1.82) is 0 Å². The molecule has 0 N–H and O–H groups in total. The van der Waals surface area contributed by atoms with Crippen LogP contribution in [0.4, 0.5) is 0 Å². The summed E-state index contributed by atoms with van der Waals surface area (Å²) in [5.41, 5.74) is 2.75. The molecule has 5 atom stereocenters. The monoisotopic (exact) mass is 464 g/mol. The molecule has 0 amide bonds. The summed E-state index contributed by atoms with van der Waals surface area (Å²) in [5.74, 6) is 3.57. The SMILES string of the molecule is C1=CC(C(C2=CC=C(OCC3CO3)CC2)c2ccc(OCC3CO3)cc2)CC=C1OCC1CO1. The summed E-state index contributed by atoms with van der Waals surface area (Å²) in [7, 11) is 0. The molecule has 3 fully saturated rings. The highest BCUT2D eigenvalue weighted by atomic mass is 16.6. The Morgan fingerprint density at radius 3 is 2.06 bits per heavy atom. The largest absolute Gasteiger partial charge is 0.495 e. The van der Waals surface area contributed by atoms with E-state index in [-0.39, 0.29) is 18.3 Å². The van der Waals surface area contributed by atoms with Crippen molar-refractivity contribution in [1.82, 2.24) is 0 Å². The van der Waals surface area contributed by atoms with E-state index in [1.165, 1.54) is 11.1 Å². The summed E-state index contributed by atoms with van der Waals surface area (Å²) in [6.45, 7) is 4.38. The van der Waals surface area contributed by atoms with Crippen molar-refractivity contribution in [2.24, 2.45) is 5.92 Å². The van der Waals surface area contributed by atoms with Gasteiger partial charge < -0.3 is 28.4 Å². The minimum atomic E-state index is 0.261. The fraction of sp³-hybridized carbons (Fsp3) is 0.500. The summed E-state index contributed by atoms with van der Waals surface area (Å²) in [5, 5.41) is 0. The van der Waals surface area contributed by atoms with Gasteiger partial charge in [0, 0.05) is 12.3 Å². The van der Waals surface area contributed by atoms with Gasteiger partial charge in [-0.1, -0.05) is 29.9 Å². The topological polar surface area (TPSA) is 65.3 Å². The van der Waals surface area contributed by atoms with E-state index in [4.69, 9.17) is 28.4 Å². The lowest BCUT2D eigenvalue weighted by Crippen LogP contribution is -2.17. The third-order valence-corrected chi connectivity index (χ3v) is 6.84. The number of hydrogen-bond donors (Lipinski definition) is 0. The summed E-state index contributed by atoms with van der Waals surface area (Å²) >= 11 is 0. The first-order chi connectivity index (χ1) is 16.8. The van der Waals surface area contributed by atoms with Gasteiger partial charge in [0.1, 0.15) is 49.6 Å². The molecule has 34 heavy (non-hydrogen) atoms. The van der Waals surface area contributed by atoms with E-state index in [2.05, 4.69) is 54.6 Å². The van der Waals surface area contributed by atoms with Crippen LogP contribution in [0.2, 0.25) is 0 Å². The third kappa shape index (κ3) is 5.93. The number of benzene rings is 1. The molecule has 0 bridgehead atoms. The van der Waals surface area contributed by atoms with E-state index in [0.717, 1.165) is 56.4 Å². The first kappa shape index (κ1) is 22.0. The smallest absolute Gasteiger partial charge is 0.119 e. The summed E-state index contributed by atoms with van der Waals surface area (Å²) in [4.78, 5) is 0. The Morgan fingerprint density at radius 1 is 0.794 bits per heavy atom.